The third-order valence-corrected chi connectivity index (χ3v) is 7.15. The van der Waals surface area contributed by atoms with Gasteiger partial charge < -0.3 is 9.64 Å². The van der Waals surface area contributed by atoms with E-state index in [9.17, 15) is 9.59 Å². The van der Waals surface area contributed by atoms with Gasteiger partial charge >= 0.3 is 5.97 Å². The van der Waals surface area contributed by atoms with E-state index < -0.39 is 18.1 Å². The smallest absolute Gasteiger partial charge is 0.334 e. The number of β-lactam (4-membered cyclic amide) rings is 1. The molecule has 5 nitrogen and oxygen atoms in total. The third-order valence-electron chi connectivity index (χ3n) is 6.00. The number of benzene rings is 2. The molecule has 1 aromatic heterocycles. The quantitative estimate of drug-likeness (QED) is 0.183. The SMILES string of the molecule is C=C/C=C/C1=CS[C@@H]2/C(=C\c3ccccn3)C(=O)N2[C@H]1C(=O)OC(c1ccccc1)c1ccccc1. The van der Waals surface area contributed by atoms with Gasteiger partial charge in [-0.05, 0) is 40.3 Å². The highest BCUT2D eigenvalue weighted by molar-refractivity contribution is 8.03. The second-order valence-corrected chi connectivity index (χ2v) is 9.26. The maximum atomic E-state index is 13.8. The number of aromatic nitrogens is 1. The number of nitrogens with zero attached hydrogens (tertiary/aromatic N) is 2. The van der Waals surface area contributed by atoms with Crippen molar-refractivity contribution in [1.82, 2.24) is 9.88 Å². The van der Waals surface area contributed by atoms with Crippen LogP contribution >= 0.6 is 11.8 Å². The van der Waals surface area contributed by atoms with Crippen LogP contribution in [0.4, 0.5) is 0 Å². The van der Waals surface area contributed by atoms with E-state index in [4.69, 9.17) is 4.74 Å². The Morgan fingerprint density at radius 2 is 1.67 bits per heavy atom. The fourth-order valence-corrected chi connectivity index (χ4v) is 5.44. The highest BCUT2D eigenvalue weighted by Gasteiger charge is 2.52. The lowest BCUT2D eigenvalue weighted by Gasteiger charge is -2.48. The van der Waals surface area contributed by atoms with Gasteiger partial charge in [0.2, 0.25) is 0 Å². The van der Waals surface area contributed by atoms with E-state index in [-0.39, 0.29) is 11.3 Å². The molecule has 0 aliphatic carbocycles. The molecular formula is C30H24N2O3S. The lowest BCUT2D eigenvalue weighted by atomic mass is 9.96. The number of pyridine rings is 1. The predicted octanol–water partition coefficient (Wildman–Crippen LogP) is 5.71. The van der Waals surface area contributed by atoms with E-state index in [0.29, 0.717) is 16.8 Å². The van der Waals surface area contributed by atoms with Crippen molar-refractivity contribution in [3.05, 3.63) is 143 Å². The molecule has 2 atom stereocenters. The van der Waals surface area contributed by atoms with Gasteiger partial charge in [0.25, 0.3) is 5.91 Å². The molecule has 1 fully saturated rings. The number of hydrogen-bond acceptors (Lipinski definition) is 5. The zero-order valence-corrected chi connectivity index (χ0v) is 20.3. The lowest BCUT2D eigenvalue weighted by Crippen LogP contribution is -2.62. The van der Waals surface area contributed by atoms with Gasteiger partial charge in [0.05, 0.1) is 11.3 Å². The van der Waals surface area contributed by atoms with E-state index in [1.54, 1.807) is 35.4 Å². The summed E-state index contributed by atoms with van der Waals surface area (Å²) >= 11 is 1.49. The number of fused-ring (bicyclic) bond motifs is 1. The average Bonchev–Trinajstić information content (AvgIpc) is 2.94. The number of hydrogen-bond donors (Lipinski definition) is 0. The minimum absolute atomic E-state index is 0.200. The van der Waals surface area contributed by atoms with Crippen LogP contribution in [0.15, 0.2) is 126 Å². The molecule has 0 N–H and O–H groups in total. The summed E-state index contributed by atoms with van der Waals surface area (Å²) in [5.74, 6) is -0.683. The number of ether oxygens (including phenoxy) is 1. The van der Waals surface area contributed by atoms with Gasteiger partial charge in [0.1, 0.15) is 5.37 Å². The van der Waals surface area contributed by atoms with E-state index in [0.717, 1.165) is 11.1 Å². The number of rotatable bonds is 7. The Morgan fingerprint density at radius 1 is 1.00 bits per heavy atom. The maximum Gasteiger partial charge on any atom is 0.334 e. The van der Waals surface area contributed by atoms with Crippen molar-refractivity contribution >= 4 is 29.7 Å². The molecule has 3 aromatic rings. The molecule has 3 heterocycles. The summed E-state index contributed by atoms with van der Waals surface area (Å²) < 4.78 is 6.15. The summed E-state index contributed by atoms with van der Waals surface area (Å²) in [5, 5.41) is 1.64. The van der Waals surface area contributed by atoms with Crippen molar-refractivity contribution in [3.8, 4) is 0 Å². The van der Waals surface area contributed by atoms with Crippen LogP contribution < -0.4 is 0 Å². The van der Waals surface area contributed by atoms with Crippen molar-refractivity contribution < 1.29 is 14.3 Å². The first-order valence-corrected chi connectivity index (χ1v) is 12.5. The molecule has 0 unspecified atom stereocenters. The third kappa shape index (κ3) is 4.68. The summed E-state index contributed by atoms with van der Waals surface area (Å²) in [4.78, 5) is 33.0. The molecule has 0 bridgehead atoms. The Morgan fingerprint density at radius 3 is 2.28 bits per heavy atom. The molecule has 0 spiro atoms. The number of allylic oxidation sites excluding steroid dienone is 2. The minimum atomic E-state index is -0.865. The summed E-state index contributed by atoms with van der Waals surface area (Å²) in [6.07, 6.45) is 8.07. The summed E-state index contributed by atoms with van der Waals surface area (Å²) in [7, 11) is 0. The fraction of sp³-hybridized carbons (Fsp3) is 0.100. The molecule has 0 saturated carbocycles. The topological polar surface area (TPSA) is 59.5 Å². The van der Waals surface area contributed by atoms with Crippen LogP contribution in [0.2, 0.25) is 0 Å². The molecule has 178 valence electrons. The molecule has 1 amide bonds. The number of thioether (sulfide) groups is 1. The van der Waals surface area contributed by atoms with Crippen LogP contribution in [0.25, 0.3) is 6.08 Å². The monoisotopic (exact) mass is 492 g/mol. The van der Waals surface area contributed by atoms with Crippen LogP contribution in [0.1, 0.15) is 22.9 Å². The van der Waals surface area contributed by atoms with Crippen LogP contribution in [0.3, 0.4) is 0 Å². The van der Waals surface area contributed by atoms with E-state index >= 15 is 0 Å². The van der Waals surface area contributed by atoms with Crippen LogP contribution in [0.5, 0.6) is 0 Å². The van der Waals surface area contributed by atoms with Crippen molar-refractivity contribution in [2.24, 2.45) is 0 Å². The van der Waals surface area contributed by atoms with Crippen LogP contribution in [-0.4, -0.2) is 33.2 Å². The Labute approximate surface area is 214 Å². The largest absolute Gasteiger partial charge is 0.451 e. The molecule has 2 aliphatic rings. The lowest BCUT2D eigenvalue weighted by molar-refractivity contribution is -0.158. The molecule has 2 aliphatic heterocycles. The Balaban J connectivity index is 1.47. The summed E-state index contributed by atoms with van der Waals surface area (Å²) in [5.41, 5.74) is 3.72. The zero-order valence-electron chi connectivity index (χ0n) is 19.4. The van der Waals surface area contributed by atoms with Gasteiger partial charge in [0, 0.05) is 6.20 Å². The zero-order chi connectivity index (χ0) is 24.9. The van der Waals surface area contributed by atoms with Crippen molar-refractivity contribution in [1.29, 1.82) is 0 Å². The average molecular weight is 493 g/mol. The van der Waals surface area contributed by atoms with Crippen molar-refractivity contribution in [2.45, 2.75) is 17.5 Å². The van der Waals surface area contributed by atoms with Gasteiger partial charge in [-0.25, -0.2) is 4.79 Å². The highest BCUT2D eigenvalue weighted by Crippen LogP contribution is 2.44. The molecule has 5 rings (SSSR count). The molecule has 0 radical (unpaired) electrons. The second kappa shape index (κ2) is 10.6. The number of carbonyl (C=O) groups is 2. The Kier molecular flexibility index (Phi) is 6.96. The number of amides is 1. The van der Waals surface area contributed by atoms with E-state index in [2.05, 4.69) is 11.6 Å². The second-order valence-electron chi connectivity index (χ2n) is 8.31. The minimum Gasteiger partial charge on any atom is -0.451 e. The fourth-order valence-electron chi connectivity index (χ4n) is 4.28. The van der Waals surface area contributed by atoms with Crippen LogP contribution in [0, 0.1) is 0 Å². The van der Waals surface area contributed by atoms with E-state index in [1.165, 1.54) is 11.8 Å². The first kappa shape index (κ1) is 23.6. The molecule has 1 saturated heterocycles. The van der Waals surface area contributed by atoms with Gasteiger partial charge in [0.15, 0.2) is 12.1 Å². The predicted molar refractivity (Wildman–Crippen MR) is 142 cm³/mol. The number of carbonyl (C=O) groups excluding carboxylic acids is 2. The van der Waals surface area contributed by atoms with E-state index in [1.807, 2.05) is 84.3 Å². The first-order valence-electron chi connectivity index (χ1n) is 11.6. The Hall–Kier alpha value is -4.16. The summed E-state index contributed by atoms with van der Waals surface area (Å²) in [6, 6.07) is 23.9. The van der Waals surface area contributed by atoms with Crippen molar-refractivity contribution in [3.63, 3.8) is 0 Å². The van der Waals surface area contributed by atoms with Crippen LogP contribution in [-0.2, 0) is 14.3 Å². The normalized spacial score (nSPS) is 20.1. The highest BCUT2D eigenvalue weighted by atomic mass is 32.2. The molecular weight excluding hydrogens is 468 g/mol. The van der Waals surface area contributed by atoms with Gasteiger partial charge in [-0.15, -0.1) is 11.8 Å². The van der Waals surface area contributed by atoms with Gasteiger partial charge in [-0.3, -0.25) is 9.78 Å². The maximum absolute atomic E-state index is 13.8. The molecule has 2 aromatic carbocycles. The summed E-state index contributed by atoms with van der Waals surface area (Å²) in [6.45, 7) is 3.73. The molecule has 36 heavy (non-hydrogen) atoms. The number of esters is 1. The van der Waals surface area contributed by atoms with Gasteiger partial charge in [-0.2, -0.15) is 0 Å². The first-order chi connectivity index (χ1) is 17.7. The standard InChI is InChI=1S/C30H24N2O3S/c1-2-3-12-23-20-36-29-25(19-24-17-10-11-18-31-24)28(33)32(29)26(23)30(34)35-27(21-13-6-4-7-14-21)22-15-8-5-9-16-22/h2-20,26-27,29H,1H2/b12-3+,25-19-/t26-,29-/m1/s1. The Bertz CT molecular complexity index is 1310. The molecule has 6 heteroatoms. The van der Waals surface area contributed by atoms with Gasteiger partial charge in [-0.1, -0.05) is 91.5 Å². The van der Waals surface area contributed by atoms with Crippen molar-refractivity contribution in [2.75, 3.05) is 0 Å².